The maximum atomic E-state index is 9.50. The number of aryl methyl sites for hydroxylation is 1. The van der Waals surface area contributed by atoms with Gasteiger partial charge in [-0.05, 0) is 25.5 Å². The highest BCUT2D eigenvalue weighted by atomic mass is 16.5. The number of benzene rings is 1. The Balaban J connectivity index is 2.58. The fraction of sp³-hybridized carbons (Fsp3) is 0.455. The molecule has 0 aliphatic carbocycles. The van der Waals surface area contributed by atoms with Crippen molar-refractivity contribution in [2.75, 3.05) is 13.2 Å². The van der Waals surface area contributed by atoms with E-state index in [1.54, 1.807) is 0 Å². The minimum Gasteiger partial charge on any atom is -0.490 e. The monoisotopic (exact) mass is 196 g/mol. The summed E-state index contributed by atoms with van der Waals surface area (Å²) < 4.78 is 5.38. The van der Waals surface area contributed by atoms with Gasteiger partial charge < -0.3 is 14.9 Å². The highest BCUT2D eigenvalue weighted by Gasteiger charge is 2.20. The van der Waals surface area contributed by atoms with E-state index >= 15 is 0 Å². The number of hydrogen-bond donors (Lipinski definition) is 2. The number of aliphatic hydroxyl groups excluding tert-OH is 1. The van der Waals surface area contributed by atoms with Crippen LogP contribution >= 0.6 is 0 Å². The second-order valence-electron chi connectivity index (χ2n) is 3.71. The molecule has 0 aliphatic heterocycles. The Morgan fingerprint density at radius 3 is 2.57 bits per heavy atom. The van der Waals surface area contributed by atoms with E-state index < -0.39 is 5.60 Å². The molecule has 0 heterocycles. The number of para-hydroxylation sites is 1. The normalized spacial score (nSPS) is 14.9. The van der Waals surface area contributed by atoms with Crippen molar-refractivity contribution in [2.45, 2.75) is 19.4 Å². The Labute approximate surface area is 84.0 Å². The van der Waals surface area contributed by atoms with E-state index in [-0.39, 0.29) is 13.2 Å². The van der Waals surface area contributed by atoms with E-state index in [9.17, 15) is 5.11 Å². The number of rotatable bonds is 4. The molecule has 1 aromatic carbocycles. The lowest BCUT2D eigenvalue weighted by Crippen LogP contribution is -2.36. The lowest BCUT2D eigenvalue weighted by Gasteiger charge is -2.21. The summed E-state index contributed by atoms with van der Waals surface area (Å²) in [6.45, 7) is 3.25. The van der Waals surface area contributed by atoms with Gasteiger partial charge in [0.25, 0.3) is 0 Å². The molecule has 78 valence electrons. The van der Waals surface area contributed by atoms with E-state index in [0.717, 1.165) is 11.3 Å². The Morgan fingerprint density at radius 1 is 1.36 bits per heavy atom. The van der Waals surface area contributed by atoms with Crippen molar-refractivity contribution in [1.82, 2.24) is 0 Å². The third-order valence-electron chi connectivity index (χ3n) is 1.97. The molecule has 0 saturated heterocycles. The van der Waals surface area contributed by atoms with E-state index in [0.29, 0.717) is 0 Å². The molecule has 0 saturated carbocycles. The lowest BCUT2D eigenvalue weighted by atomic mass is 10.1. The van der Waals surface area contributed by atoms with Gasteiger partial charge in [-0.25, -0.2) is 0 Å². The third kappa shape index (κ3) is 3.01. The van der Waals surface area contributed by atoms with Crippen molar-refractivity contribution in [2.24, 2.45) is 0 Å². The Bertz CT molecular complexity index is 294. The van der Waals surface area contributed by atoms with Gasteiger partial charge in [-0.15, -0.1) is 0 Å². The first kappa shape index (κ1) is 11.0. The minimum atomic E-state index is -1.18. The average Bonchev–Trinajstić information content (AvgIpc) is 2.17. The van der Waals surface area contributed by atoms with Crippen LogP contribution in [-0.4, -0.2) is 29.0 Å². The summed E-state index contributed by atoms with van der Waals surface area (Å²) in [7, 11) is 0. The van der Waals surface area contributed by atoms with Crippen molar-refractivity contribution in [1.29, 1.82) is 0 Å². The molecule has 1 atom stereocenters. The van der Waals surface area contributed by atoms with Crippen molar-refractivity contribution >= 4 is 0 Å². The van der Waals surface area contributed by atoms with Gasteiger partial charge in [0.2, 0.25) is 0 Å². The Morgan fingerprint density at radius 2 is 2.00 bits per heavy atom. The fourth-order valence-electron chi connectivity index (χ4n) is 0.997. The van der Waals surface area contributed by atoms with Crippen LogP contribution < -0.4 is 4.74 Å². The molecule has 0 radical (unpaired) electrons. The Kier molecular flexibility index (Phi) is 3.49. The molecule has 3 heteroatoms. The molecule has 0 bridgehead atoms. The molecule has 14 heavy (non-hydrogen) atoms. The van der Waals surface area contributed by atoms with Gasteiger partial charge in [0, 0.05) is 0 Å². The van der Waals surface area contributed by atoms with Gasteiger partial charge in [-0.1, -0.05) is 18.2 Å². The first-order valence-electron chi connectivity index (χ1n) is 4.57. The fourth-order valence-corrected chi connectivity index (χ4v) is 0.997. The molecule has 0 aromatic heterocycles. The maximum absolute atomic E-state index is 9.50. The van der Waals surface area contributed by atoms with Gasteiger partial charge in [0.1, 0.15) is 18.0 Å². The van der Waals surface area contributed by atoms with Crippen molar-refractivity contribution < 1.29 is 14.9 Å². The van der Waals surface area contributed by atoms with Gasteiger partial charge in [-0.2, -0.15) is 0 Å². The summed E-state index contributed by atoms with van der Waals surface area (Å²) in [5, 5.41) is 18.3. The standard InChI is InChI=1S/C11H16O3/c1-9-5-3-4-6-10(9)14-8-11(2,13)7-12/h3-6,12-13H,7-8H2,1-2H3. The molecular weight excluding hydrogens is 180 g/mol. The highest BCUT2D eigenvalue weighted by Crippen LogP contribution is 2.17. The molecule has 2 N–H and O–H groups in total. The molecule has 0 spiro atoms. The SMILES string of the molecule is Cc1ccccc1OCC(C)(O)CO. The zero-order chi connectivity index (χ0) is 10.6. The zero-order valence-corrected chi connectivity index (χ0v) is 8.53. The molecular formula is C11H16O3. The second-order valence-corrected chi connectivity index (χ2v) is 3.71. The number of hydrogen-bond acceptors (Lipinski definition) is 3. The molecule has 1 aromatic rings. The van der Waals surface area contributed by atoms with Crippen LogP contribution in [0.2, 0.25) is 0 Å². The summed E-state index contributed by atoms with van der Waals surface area (Å²) >= 11 is 0. The summed E-state index contributed by atoms with van der Waals surface area (Å²) in [6, 6.07) is 7.56. The molecule has 3 nitrogen and oxygen atoms in total. The van der Waals surface area contributed by atoms with Crippen LogP contribution in [0.4, 0.5) is 0 Å². The van der Waals surface area contributed by atoms with Gasteiger partial charge >= 0.3 is 0 Å². The smallest absolute Gasteiger partial charge is 0.122 e. The summed E-state index contributed by atoms with van der Waals surface area (Å²) in [5.41, 5.74) is -0.163. The van der Waals surface area contributed by atoms with E-state index in [2.05, 4.69) is 0 Å². The quantitative estimate of drug-likeness (QED) is 0.758. The van der Waals surface area contributed by atoms with Crippen LogP contribution in [0.5, 0.6) is 5.75 Å². The van der Waals surface area contributed by atoms with Crippen molar-refractivity contribution in [3.8, 4) is 5.75 Å². The molecule has 1 rings (SSSR count). The van der Waals surface area contributed by atoms with Gasteiger partial charge in [0.15, 0.2) is 0 Å². The topological polar surface area (TPSA) is 49.7 Å². The second kappa shape index (κ2) is 4.44. The van der Waals surface area contributed by atoms with Crippen LogP contribution in [0.15, 0.2) is 24.3 Å². The van der Waals surface area contributed by atoms with E-state index in [1.807, 2.05) is 31.2 Å². The molecule has 0 amide bonds. The predicted molar refractivity (Wildman–Crippen MR) is 54.4 cm³/mol. The molecule has 0 fully saturated rings. The van der Waals surface area contributed by atoms with Crippen LogP contribution in [-0.2, 0) is 0 Å². The van der Waals surface area contributed by atoms with Crippen LogP contribution in [0.3, 0.4) is 0 Å². The van der Waals surface area contributed by atoms with Crippen LogP contribution in [0, 0.1) is 6.92 Å². The third-order valence-corrected chi connectivity index (χ3v) is 1.97. The highest BCUT2D eigenvalue weighted by molar-refractivity contribution is 5.31. The van der Waals surface area contributed by atoms with Crippen molar-refractivity contribution in [3.63, 3.8) is 0 Å². The maximum Gasteiger partial charge on any atom is 0.122 e. The molecule has 1 unspecified atom stereocenters. The zero-order valence-electron chi connectivity index (χ0n) is 8.53. The van der Waals surface area contributed by atoms with E-state index in [1.165, 1.54) is 6.92 Å². The summed E-state index contributed by atoms with van der Waals surface area (Å²) in [4.78, 5) is 0. The summed E-state index contributed by atoms with van der Waals surface area (Å²) in [6.07, 6.45) is 0. The van der Waals surface area contributed by atoms with Gasteiger partial charge in [0.05, 0.1) is 6.61 Å². The minimum absolute atomic E-state index is 0.0916. The number of aliphatic hydroxyl groups is 2. The first-order chi connectivity index (χ1) is 6.55. The van der Waals surface area contributed by atoms with Gasteiger partial charge in [-0.3, -0.25) is 0 Å². The predicted octanol–water partition coefficient (Wildman–Crippen LogP) is 1.12. The Hall–Kier alpha value is -1.06. The van der Waals surface area contributed by atoms with Crippen LogP contribution in [0.1, 0.15) is 12.5 Å². The van der Waals surface area contributed by atoms with Crippen LogP contribution in [0.25, 0.3) is 0 Å². The number of ether oxygens (including phenoxy) is 1. The van der Waals surface area contributed by atoms with E-state index in [4.69, 9.17) is 9.84 Å². The van der Waals surface area contributed by atoms with Crippen molar-refractivity contribution in [3.05, 3.63) is 29.8 Å². The first-order valence-corrected chi connectivity index (χ1v) is 4.57. The lowest BCUT2D eigenvalue weighted by molar-refractivity contribution is -0.0326. The average molecular weight is 196 g/mol. The summed E-state index contributed by atoms with van der Waals surface area (Å²) in [5.74, 6) is 0.737. The molecule has 0 aliphatic rings. The largest absolute Gasteiger partial charge is 0.490 e.